The molecule has 0 unspecified atom stereocenters. The van der Waals surface area contributed by atoms with E-state index in [2.05, 4.69) is 20.7 Å². The molecule has 0 aromatic heterocycles. The molecule has 2 atom stereocenters. The van der Waals surface area contributed by atoms with Crippen molar-refractivity contribution in [3.8, 4) is 0 Å². The van der Waals surface area contributed by atoms with Crippen molar-refractivity contribution in [1.82, 2.24) is 0 Å². The predicted molar refractivity (Wildman–Crippen MR) is 40.0 cm³/mol. The van der Waals surface area contributed by atoms with Crippen LogP contribution < -0.4 is 0 Å². The molecule has 0 aromatic carbocycles. The maximum atomic E-state index is 10.7. The van der Waals surface area contributed by atoms with Gasteiger partial charge in [-0.2, -0.15) is 0 Å². The Morgan fingerprint density at radius 2 is 2.45 bits per heavy atom. The van der Waals surface area contributed by atoms with Crippen molar-refractivity contribution in [3.05, 3.63) is 10.6 Å². The monoisotopic (exact) mass is 222 g/mol. The third-order valence-electron chi connectivity index (χ3n) is 1.32. The second-order valence-electron chi connectivity index (χ2n) is 2.13. The molecule has 2 N–H and O–H groups in total. The van der Waals surface area contributed by atoms with E-state index in [-0.39, 0.29) is 4.48 Å². The van der Waals surface area contributed by atoms with Gasteiger partial charge in [-0.25, -0.2) is 4.79 Å². The Balaban J connectivity index is 2.60. The summed E-state index contributed by atoms with van der Waals surface area (Å²) in [6, 6.07) is 0. The zero-order valence-electron chi connectivity index (χ0n) is 5.53. The first-order chi connectivity index (χ1) is 5.15. The van der Waals surface area contributed by atoms with Crippen molar-refractivity contribution in [1.29, 1.82) is 0 Å². The van der Waals surface area contributed by atoms with Gasteiger partial charge in [-0.3, -0.25) is 0 Å². The molecule has 11 heavy (non-hydrogen) atoms. The minimum Gasteiger partial charge on any atom is -0.451 e. The van der Waals surface area contributed by atoms with E-state index in [0.29, 0.717) is 0 Å². The van der Waals surface area contributed by atoms with Crippen molar-refractivity contribution in [3.63, 3.8) is 0 Å². The molecular weight excluding hydrogens is 216 g/mol. The van der Waals surface area contributed by atoms with E-state index in [4.69, 9.17) is 10.2 Å². The van der Waals surface area contributed by atoms with E-state index < -0.39 is 24.8 Å². The number of rotatable bonds is 2. The Bertz CT molecular complexity index is 201. The van der Waals surface area contributed by atoms with Crippen molar-refractivity contribution in [2.75, 3.05) is 6.61 Å². The molecule has 0 aliphatic carbocycles. The van der Waals surface area contributed by atoms with Gasteiger partial charge in [-0.15, -0.1) is 0 Å². The summed E-state index contributed by atoms with van der Waals surface area (Å²) in [5.41, 5.74) is 0. The summed E-state index contributed by atoms with van der Waals surface area (Å²) in [5.74, 6) is -0.512. The fraction of sp³-hybridized carbons (Fsp3) is 0.500. The Kier molecular flexibility index (Phi) is 2.64. The summed E-state index contributed by atoms with van der Waals surface area (Å²) in [6.07, 6.45) is -0.334. The van der Waals surface area contributed by atoms with E-state index >= 15 is 0 Å². The van der Waals surface area contributed by atoms with Crippen LogP contribution in [0.15, 0.2) is 10.6 Å². The van der Waals surface area contributed by atoms with Gasteiger partial charge in [0.2, 0.25) is 0 Å². The molecule has 4 nitrogen and oxygen atoms in total. The van der Waals surface area contributed by atoms with Gasteiger partial charge in [0.05, 0.1) is 6.61 Å². The molecule has 0 saturated carbocycles. The lowest BCUT2D eigenvalue weighted by Crippen LogP contribution is -2.28. The summed E-state index contributed by atoms with van der Waals surface area (Å²) in [6.45, 7) is -0.422. The number of cyclic esters (lactones) is 1. The van der Waals surface area contributed by atoms with Crippen molar-refractivity contribution in [2.24, 2.45) is 0 Å². The molecule has 0 aromatic rings. The molecule has 1 aliphatic rings. The second-order valence-corrected chi connectivity index (χ2v) is 2.99. The lowest BCUT2D eigenvalue weighted by atomic mass is 10.2. The smallest absolute Gasteiger partial charge is 0.345 e. The van der Waals surface area contributed by atoms with E-state index in [1.807, 2.05) is 0 Å². The highest BCUT2D eigenvalue weighted by Gasteiger charge is 2.28. The molecule has 0 spiro atoms. The van der Waals surface area contributed by atoms with E-state index in [1.165, 1.54) is 6.08 Å². The SMILES string of the molecule is O=C1O[C@H]([C@@H](O)CO)C=C1Br. The van der Waals surface area contributed by atoms with Crippen LogP contribution in [0.4, 0.5) is 0 Å². The lowest BCUT2D eigenvalue weighted by Gasteiger charge is -2.12. The summed E-state index contributed by atoms with van der Waals surface area (Å²) < 4.78 is 4.92. The highest BCUT2D eigenvalue weighted by Crippen LogP contribution is 2.20. The Hall–Kier alpha value is -0.390. The Labute approximate surface area is 71.6 Å². The average Bonchev–Trinajstić information content (AvgIpc) is 2.31. The van der Waals surface area contributed by atoms with Crippen LogP contribution in [0.25, 0.3) is 0 Å². The largest absolute Gasteiger partial charge is 0.451 e. The predicted octanol–water partition coefficient (Wildman–Crippen LogP) is -0.456. The van der Waals surface area contributed by atoms with Crippen molar-refractivity contribution < 1.29 is 19.7 Å². The van der Waals surface area contributed by atoms with Gasteiger partial charge in [0.15, 0.2) is 0 Å². The van der Waals surface area contributed by atoms with Crippen LogP contribution >= 0.6 is 15.9 Å². The molecule has 0 radical (unpaired) electrons. The van der Waals surface area contributed by atoms with Crippen LogP contribution in [0.2, 0.25) is 0 Å². The molecule has 1 aliphatic heterocycles. The van der Waals surface area contributed by atoms with Crippen LogP contribution in [-0.2, 0) is 9.53 Å². The quantitative estimate of drug-likeness (QED) is 0.622. The number of hydrogen-bond donors (Lipinski definition) is 2. The van der Waals surface area contributed by atoms with E-state index in [9.17, 15) is 4.79 Å². The fourth-order valence-electron chi connectivity index (χ4n) is 0.720. The molecule has 0 amide bonds. The van der Waals surface area contributed by atoms with Crippen LogP contribution in [0.3, 0.4) is 0 Å². The summed E-state index contributed by atoms with van der Waals surface area (Å²) in [7, 11) is 0. The molecular formula is C6H7BrO4. The lowest BCUT2D eigenvalue weighted by molar-refractivity contribution is -0.143. The zero-order valence-corrected chi connectivity index (χ0v) is 7.11. The average molecular weight is 223 g/mol. The minimum atomic E-state index is -1.03. The number of hydrogen-bond acceptors (Lipinski definition) is 4. The maximum Gasteiger partial charge on any atom is 0.345 e. The minimum absolute atomic E-state index is 0.287. The molecule has 1 rings (SSSR count). The van der Waals surface area contributed by atoms with Crippen LogP contribution in [0.5, 0.6) is 0 Å². The maximum absolute atomic E-state index is 10.7. The van der Waals surface area contributed by atoms with Crippen LogP contribution in [0, 0.1) is 0 Å². The third kappa shape index (κ3) is 1.79. The molecule has 0 fully saturated rings. The molecule has 1 heterocycles. The van der Waals surface area contributed by atoms with Gasteiger partial charge in [0.25, 0.3) is 0 Å². The first-order valence-electron chi connectivity index (χ1n) is 3.02. The summed E-state index contributed by atoms with van der Waals surface area (Å²) >= 11 is 2.94. The van der Waals surface area contributed by atoms with Crippen LogP contribution in [0.1, 0.15) is 0 Å². The summed E-state index contributed by atoms with van der Waals surface area (Å²) in [4.78, 5) is 10.7. The number of aliphatic hydroxyl groups excluding tert-OH is 2. The second kappa shape index (κ2) is 3.34. The number of halogens is 1. The third-order valence-corrected chi connectivity index (χ3v) is 1.90. The number of aliphatic hydroxyl groups is 2. The van der Waals surface area contributed by atoms with Gasteiger partial charge in [0, 0.05) is 0 Å². The van der Waals surface area contributed by atoms with Crippen molar-refractivity contribution >= 4 is 21.9 Å². The summed E-state index contributed by atoms with van der Waals surface area (Å²) in [5, 5.41) is 17.5. The number of carbonyl (C=O) groups is 1. The molecule has 0 bridgehead atoms. The standard InChI is InChI=1S/C6H7BrO4/c7-3-1-5(4(9)2-8)11-6(3)10/h1,4-5,8-9H,2H2/t4-,5-/m0/s1. The van der Waals surface area contributed by atoms with Crippen molar-refractivity contribution in [2.45, 2.75) is 12.2 Å². The number of esters is 1. The van der Waals surface area contributed by atoms with E-state index in [0.717, 1.165) is 0 Å². The number of ether oxygens (including phenoxy) is 1. The van der Waals surface area contributed by atoms with Gasteiger partial charge in [0.1, 0.15) is 16.7 Å². The Morgan fingerprint density at radius 3 is 2.82 bits per heavy atom. The van der Waals surface area contributed by atoms with Gasteiger partial charge in [-0.1, -0.05) is 0 Å². The highest BCUT2D eigenvalue weighted by molar-refractivity contribution is 9.12. The highest BCUT2D eigenvalue weighted by atomic mass is 79.9. The first-order valence-corrected chi connectivity index (χ1v) is 3.81. The van der Waals surface area contributed by atoms with Crippen LogP contribution in [-0.4, -0.2) is 35.0 Å². The molecule has 0 saturated heterocycles. The van der Waals surface area contributed by atoms with Gasteiger partial charge in [-0.05, 0) is 22.0 Å². The first kappa shape index (κ1) is 8.70. The van der Waals surface area contributed by atoms with E-state index in [1.54, 1.807) is 0 Å². The molecule has 5 heteroatoms. The fourth-order valence-corrected chi connectivity index (χ4v) is 1.07. The van der Waals surface area contributed by atoms with Gasteiger partial charge >= 0.3 is 5.97 Å². The molecule has 62 valence electrons. The zero-order chi connectivity index (χ0) is 8.43. The topological polar surface area (TPSA) is 66.8 Å². The van der Waals surface area contributed by atoms with Gasteiger partial charge < -0.3 is 14.9 Å². The Morgan fingerprint density at radius 1 is 1.82 bits per heavy atom. The normalized spacial score (nSPS) is 26.3. The number of carbonyl (C=O) groups excluding carboxylic acids is 1.